The van der Waals surface area contributed by atoms with E-state index in [-0.39, 0.29) is 6.10 Å². The number of hydrogen-bond donors (Lipinski definition) is 2. The predicted octanol–water partition coefficient (Wildman–Crippen LogP) is 4.74. The molecule has 4 rings (SSSR count). The van der Waals surface area contributed by atoms with Gasteiger partial charge in [0.05, 0.1) is 26.4 Å². The van der Waals surface area contributed by atoms with Gasteiger partial charge in [-0.3, -0.25) is 0 Å². The number of aromatic nitrogens is 1. The Labute approximate surface area is 220 Å². The molecule has 1 aromatic heterocycles. The van der Waals surface area contributed by atoms with E-state index in [2.05, 4.69) is 46.3 Å². The molecule has 1 aromatic carbocycles. The van der Waals surface area contributed by atoms with Crippen molar-refractivity contribution in [1.82, 2.24) is 4.98 Å². The van der Waals surface area contributed by atoms with E-state index >= 15 is 0 Å². The number of ether oxygens (including phenoxy) is 3. The zero-order valence-electron chi connectivity index (χ0n) is 19.4. The molecule has 0 amide bonds. The van der Waals surface area contributed by atoms with E-state index in [0.29, 0.717) is 53.8 Å². The number of thiol groups is 1. The molecule has 2 heterocycles. The first-order valence-corrected chi connectivity index (χ1v) is 13.4. The van der Waals surface area contributed by atoms with Gasteiger partial charge in [0.1, 0.15) is 15.0 Å². The normalized spacial score (nSPS) is 21.2. The molecule has 1 saturated heterocycles. The number of carbonyl (C=O) groups is 1. The molecule has 2 unspecified atom stereocenters. The van der Waals surface area contributed by atoms with Gasteiger partial charge in [0, 0.05) is 23.6 Å². The third-order valence-corrected chi connectivity index (χ3v) is 8.04. The minimum atomic E-state index is -0.432. The first kappa shape index (κ1) is 25.7. The highest BCUT2D eigenvalue weighted by Gasteiger charge is 2.30. The van der Waals surface area contributed by atoms with E-state index < -0.39 is 5.97 Å². The van der Waals surface area contributed by atoms with E-state index in [9.17, 15) is 9.90 Å². The number of benzene rings is 1. The fraction of sp³-hybridized carbons (Fsp3) is 0.538. The van der Waals surface area contributed by atoms with E-state index in [1.807, 2.05) is 12.3 Å². The van der Waals surface area contributed by atoms with Gasteiger partial charge in [0.15, 0.2) is 0 Å². The first-order chi connectivity index (χ1) is 16.4. The number of aryl methyl sites for hydroxylation is 1. The Morgan fingerprint density at radius 3 is 2.88 bits per heavy atom. The molecule has 0 bridgehead atoms. The van der Waals surface area contributed by atoms with Crippen LogP contribution >= 0.6 is 35.2 Å². The van der Waals surface area contributed by atoms with Crippen LogP contribution in [0.4, 0.5) is 0 Å². The number of halogens is 1. The quantitative estimate of drug-likeness (QED) is 0.179. The lowest BCUT2D eigenvalue weighted by molar-refractivity contribution is 0.000809. The van der Waals surface area contributed by atoms with Crippen LogP contribution < -0.4 is 4.74 Å². The van der Waals surface area contributed by atoms with Crippen LogP contribution in [-0.4, -0.2) is 49.1 Å². The highest BCUT2D eigenvalue weighted by Crippen LogP contribution is 2.35. The number of esters is 1. The molecule has 6 nitrogen and oxygen atoms in total. The Morgan fingerprint density at radius 1 is 1.29 bits per heavy atom. The summed E-state index contributed by atoms with van der Waals surface area (Å²) >= 11 is 6.61. The van der Waals surface area contributed by atoms with Gasteiger partial charge in [-0.25, -0.2) is 9.78 Å². The molecule has 2 aromatic rings. The second-order valence-corrected chi connectivity index (χ2v) is 10.8. The van der Waals surface area contributed by atoms with Gasteiger partial charge in [0.25, 0.3) is 0 Å². The number of pyridine rings is 1. The Hall–Kier alpha value is -1.36. The standard InChI is InChI=1S/C26H32INO5S/c1-31-26(30)22-12-21(34)5-7-24(22)33-15-19-8-9-32-14-20(19)11-16-10-18(25(27)28-13-16)4-6-23(29)17-2-3-17/h5,7,10,12-13,17,19-20,23,29,34H,2-4,6,8-9,11,14-15H2,1H3/t19?,20?,23-/m1/s1. The number of aliphatic hydroxyl groups is 1. The van der Waals surface area contributed by atoms with Gasteiger partial charge in [-0.15, -0.1) is 12.6 Å². The monoisotopic (exact) mass is 597 g/mol. The first-order valence-electron chi connectivity index (χ1n) is 11.9. The SMILES string of the molecule is COC(=O)c1cc(S)ccc1OCC1CCOCC1Cc1cnc(I)c(CC[C@@H](O)C2CC2)c1. The zero-order chi connectivity index (χ0) is 24.1. The number of carbonyl (C=O) groups excluding carboxylic acids is 1. The van der Waals surface area contributed by atoms with Gasteiger partial charge >= 0.3 is 5.97 Å². The molecule has 1 aliphatic carbocycles. The zero-order valence-corrected chi connectivity index (χ0v) is 22.5. The largest absolute Gasteiger partial charge is 0.492 e. The lowest BCUT2D eigenvalue weighted by Gasteiger charge is -2.31. The lowest BCUT2D eigenvalue weighted by atomic mass is 9.84. The Balaban J connectivity index is 1.40. The van der Waals surface area contributed by atoms with Crippen molar-refractivity contribution in [2.75, 3.05) is 26.9 Å². The molecule has 8 heteroatoms. The van der Waals surface area contributed by atoms with Gasteiger partial charge in [-0.1, -0.05) is 6.07 Å². The fourth-order valence-electron chi connectivity index (χ4n) is 4.55. The maximum absolute atomic E-state index is 12.2. The third-order valence-electron chi connectivity index (χ3n) is 6.79. The van der Waals surface area contributed by atoms with E-state index in [0.717, 1.165) is 42.2 Å². The van der Waals surface area contributed by atoms with Crippen molar-refractivity contribution in [1.29, 1.82) is 0 Å². The maximum Gasteiger partial charge on any atom is 0.341 e. The smallest absolute Gasteiger partial charge is 0.341 e. The van der Waals surface area contributed by atoms with Gasteiger partial charge in [-0.05, 0) is 102 Å². The molecular formula is C26H32INO5S. The van der Waals surface area contributed by atoms with E-state index in [1.54, 1.807) is 12.1 Å². The summed E-state index contributed by atoms with van der Waals surface area (Å²) in [5, 5.41) is 10.3. The summed E-state index contributed by atoms with van der Waals surface area (Å²) in [6.07, 6.45) is 7.47. The molecule has 2 fully saturated rings. The van der Waals surface area contributed by atoms with Crippen molar-refractivity contribution in [2.45, 2.75) is 49.5 Å². The summed E-state index contributed by atoms with van der Waals surface area (Å²) in [4.78, 5) is 17.5. The van der Waals surface area contributed by atoms with Crippen LogP contribution in [0.25, 0.3) is 0 Å². The molecule has 0 radical (unpaired) electrons. The van der Waals surface area contributed by atoms with Gasteiger partial charge in [0.2, 0.25) is 0 Å². The molecule has 3 atom stereocenters. The van der Waals surface area contributed by atoms with Crippen LogP contribution in [-0.2, 0) is 22.3 Å². The highest BCUT2D eigenvalue weighted by atomic mass is 127. The van der Waals surface area contributed by atoms with Crippen LogP contribution in [0.15, 0.2) is 35.4 Å². The Morgan fingerprint density at radius 2 is 2.12 bits per heavy atom. The molecule has 34 heavy (non-hydrogen) atoms. The van der Waals surface area contributed by atoms with Crippen LogP contribution in [0.1, 0.15) is 47.2 Å². The topological polar surface area (TPSA) is 77.9 Å². The summed E-state index contributed by atoms with van der Waals surface area (Å²) in [6.45, 7) is 1.89. The average molecular weight is 598 g/mol. The van der Waals surface area contributed by atoms with E-state index in [1.165, 1.54) is 18.2 Å². The molecule has 1 saturated carbocycles. The van der Waals surface area contributed by atoms with Crippen LogP contribution in [0.3, 0.4) is 0 Å². The van der Waals surface area contributed by atoms with Crippen molar-refractivity contribution in [3.8, 4) is 5.75 Å². The van der Waals surface area contributed by atoms with Crippen molar-refractivity contribution in [2.24, 2.45) is 17.8 Å². The summed E-state index contributed by atoms with van der Waals surface area (Å²) < 4.78 is 17.8. The number of hydrogen-bond acceptors (Lipinski definition) is 7. The van der Waals surface area contributed by atoms with Crippen molar-refractivity contribution < 1.29 is 24.1 Å². The summed E-state index contributed by atoms with van der Waals surface area (Å²) in [6, 6.07) is 7.49. The van der Waals surface area contributed by atoms with Crippen molar-refractivity contribution in [3.63, 3.8) is 0 Å². The Kier molecular flexibility index (Phi) is 9.12. The maximum atomic E-state index is 12.2. The molecular weight excluding hydrogens is 565 g/mol. The second-order valence-electron chi connectivity index (χ2n) is 9.31. The second kappa shape index (κ2) is 12.1. The van der Waals surface area contributed by atoms with Crippen molar-refractivity contribution >= 4 is 41.2 Å². The lowest BCUT2D eigenvalue weighted by Crippen LogP contribution is -2.33. The molecule has 1 aliphatic heterocycles. The minimum Gasteiger partial charge on any atom is -0.492 e. The van der Waals surface area contributed by atoms with Crippen molar-refractivity contribution in [3.05, 3.63) is 50.9 Å². The summed E-state index contributed by atoms with van der Waals surface area (Å²) in [7, 11) is 1.36. The number of methoxy groups -OCH3 is 1. The van der Waals surface area contributed by atoms with E-state index in [4.69, 9.17) is 14.2 Å². The van der Waals surface area contributed by atoms with Crippen LogP contribution in [0, 0.1) is 21.5 Å². The molecule has 184 valence electrons. The van der Waals surface area contributed by atoms with Crippen LogP contribution in [0.5, 0.6) is 5.75 Å². The molecule has 1 N–H and O–H groups in total. The van der Waals surface area contributed by atoms with Gasteiger partial charge in [-0.2, -0.15) is 0 Å². The number of nitrogens with zero attached hydrogens (tertiary/aromatic N) is 1. The predicted molar refractivity (Wildman–Crippen MR) is 141 cm³/mol. The van der Waals surface area contributed by atoms with Crippen LogP contribution in [0.2, 0.25) is 0 Å². The summed E-state index contributed by atoms with van der Waals surface area (Å²) in [5.74, 6) is 1.18. The number of aliphatic hydroxyl groups excluding tert-OH is 1. The fourth-order valence-corrected chi connectivity index (χ4v) is 5.32. The molecule has 2 aliphatic rings. The third kappa shape index (κ3) is 6.86. The highest BCUT2D eigenvalue weighted by molar-refractivity contribution is 14.1. The minimum absolute atomic E-state index is 0.195. The molecule has 0 spiro atoms. The van der Waals surface area contributed by atoms with Gasteiger partial charge < -0.3 is 19.3 Å². The number of rotatable bonds is 10. The summed E-state index contributed by atoms with van der Waals surface area (Å²) in [5.41, 5.74) is 2.78. The Bertz CT molecular complexity index is 999. The average Bonchev–Trinajstić information content (AvgIpc) is 3.69.